The first-order valence-corrected chi connectivity index (χ1v) is 7.71. The largest absolute Gasteiger partial charge is 0.457 e. The van der Waals surface area contributed by atoms with Crippen LogP contribution in [0.2, 0.25) is 0 Å². The van der Waals surface area contributed by atoms with Crippen LogP contribution in [0.15, 0.2) is 36.5 Å². The number of pyridine rings is 1. The van der Waals surface area contributed by atoms with Crippen LogP contribution in [0, 0.1) is 6.92 Å². The zero-order chi connectivity index (χ0) is 14.7. The SMILES string of the molecule is CCc1ccccc1Oc1cc(C)ncc1CNC1CC1. The molecule has 0 saturated heterocycles. The molecular formula is C18H22N2O. The molecule has 0 radical (unpaired) electrons. The van der Waals surface area contributed by atoms with Crippen molar-refractivity contribution in [2.45, 2.75) is 45.7 Å². The highest BCUT2D eigenvalue weighted by molar-refractivity contribution is 5.41. The lowest BCUT2D eigenvalue weighted by Crippen LogP contribution is -2.16. The molecule has 0 spiro atoms. The fourth-order valence-corrected chi connectivity index (χ4v) is 2.35. The predicted octanol–water partition coefficient (Wildman–Crippen LogP) is 4.00. The summed E-state index contributed by atoms with van der Waals surface area (Å²) in [6.45, 7) is 4.97. The summed E-state index contributed by atoms with van der Waals surface area (Å²) in [4.78, 5) is 4.40. The maximum Gasteiger partial charge on any atom is 0.135 e. The number of rotatable bonds is 6. The second-order valence-corrected chi connectivity index (χ2v) is 5.65. The Bertz CT molecular complexity index is 620. The molecule has 3 rings (SSSR count). The summed E-state index contributed by atoms with van der Waals surface area (Å²) in [7, 11) is 0. The number of aromatic nitrogens is 1. The van der Waals surface area contributed by atoms with Crippen LogP contribution in [-0.2, 0) is 13.0 Å². The van der Waals surface area contributed by atoms with Gasteiger partial charge < -0.3 is 10.1 Å². The molecule has 1 N–H and O–H groups in total. The van der Waals surface area contributed by atoms with E-state index in [1.165, 1.54) is 18.4 Å². The maximum atomic E-state index is 6.19. The fraction of sp³-hybridized carbons (Fsp3) is 0.389. The Labute approximate surface area is 126 Å². The number of aryl methyl sites for hydroxylation is 2. The molecule has 1 aromatic heterocycles. The van der Waals surface area contributed by atoms with Gasteiger partial charge in [-0.1, -0.05) is 25.1 Å². The van der Waals surface area contributed by atoms with Gasteiger partial charge in [-0.05, 0) is 37.8 Å². The molecule has 3 nitrogen and oxygen atoms in total. The quantitative estimate of drug-likeness (QED) is 0.869. The normalized spacial score (nSPS) is 14.2. The minimum atomic E-state index is 0.682. The Balaban J connectivity index is 1.83. The smallest absolute Gasteiger partial charge is 0.135 e. The van der Waals surface area contributed by atoms with Crippen LogP contribution in [0.3, 0.4) is 0 Å². The lowest BCUT2D eigenvalue weighted by molar-refractivity contribution is 0.465. The summed E-state index contributed by atoms with van der Waals surface area (Å²) in [6.07, 6.45) is 5.47. The molecule has 0 bridgehead atoms. The van der Waals surface area contributed by atoms with Gasteiger partial charge in [0.05, 0.1) is 0 Å². The monoisotopic (exact) mass is 282 g/mol. The highest BCUT2D eigenvalue weighted by Crippen LogP contribution is 2.29. The minimum absolute atomic E-state index is 0.682. The second-order valence-electron chi connectivity index (χ2n) is 5.65. The summed E-state index contributed by atoms with van der Waals surface area (Å²) >= 11 is 0. The van der Waals surface area contributed by atoms with Crippen molar-refractivity contribution in [3.8, 4) is 11.5 Å². The predicted molar refractivity (Wildman–Crippen MR) is 84.7 cm³/mol. The summed E-state index contributed by atoms with van der Waals surface area (Å²) in [6, 6.07) is 10.9. The van der Waals surface area contributed by atoms with Crippen LogP contribution in [0.4, 0.5) is 0 Å². The van der Waals surface area contributed by atoms with E-state index in [9.17, 15) is 0 Å². The highest BCUT2D eigenvalue weighted by Gasteiger charge is 2.21. The number of hydrogen-bond donors (Lipinski definition) is 1. The van der Waals surface area contributed by atoms with E-state index in [0.29, 0.717) is 6.04 Å². The van der Waals surface area contributed by atoms with Crippen LogP contribution >= 0.6 is 0 Å². The van der Waals surface area contributed by atoms with Gasteiger partial charge in [0.25, 0.3) is 0 Å². The second kappa shape index (κ2) is 6.27. The van der Waals surface area contributed by atoms with Crippen molar-refractivity contribution in [1.29, 1.82) is 0 Å². The van der Waals surface area contributed by atoms with Crippen molar-refractivity contribution in [2.75, 3.05) is 0 Å². The lowest BCUT2D eigenvalue weighted by Gasteiger charge is -2.14. The molecule has 1 saturated carbocycles. The minimum Gasteiger partial charge on any atom is -0.457 e. The van der Waals surface area contributed by atoms with Crippen molar-refractivity contribution in [3.05, 3.63) is 53.3 Å². The van der Waals surface area contributed by atoms with Gasteiger partial charge in [-0.3, -0.25) is 4.98 Å². The van der Waals surface area contributed by atoms with E-state index in [1.54, 1.807) is 0 Å². The molecule has 1 fully saturated rings. The van der Waals surface area contributed by atoms with Gasteiger partial charge >= 0.3 is 0 Å². The van der Waals surface area contributed by atoms with E-state index < -0.39 is 0 Å². The molecule has 1 aliphatic carbocycles. The van der Waals surface area contributed by atoms with Crippen molar-refractivity contribution in [3.63, 3.8) is 0 Å². The number of nitrogens with zero attached hydrogens (tertiary/aromatic N) is 1. The van der Waals surface area contributed by atoms with E-state index in [2.05, 4.69) is 29.4 Å². The highest BCUT2D eigenvalue weighted by atomic mass is 16.5. The Kier molecular flexibility index (Phi) is 4.20. The zero-order valence-corrected chi connectivity index (χ0v) is 12.7. The Morgan fingerprint density at radius 2 is 2.00 bits per heavy atom. The summed E-state index contributed by atoms with van der Waals surface area (Å²) in [5.41, 5.74) is 3.33. The third kappa shape index (κ3) is 3.61. The molecule has 2 aromatic rings. The van der Waals surface area contributed by atoms with Crippen molar-refractivity contribution < 1.29 is 4.74 Å². The van der Waals surface area contributed by atoms with Crippen molar-refractivity contribution >= 4 is 0 Å². The Hall–Kier alpha value is -1.87. The summed E-state index contributed by atoms with van der Waals surface area (Å²) in [5, 5.41) is 3.53. The topological polar surface area (TPSA) is 34.1 Å². The molecule has 0 aliphatic heterocycles. The van der Waals surface area contributed by atoms with Crippen LogP contribution in [-0.4, -0.2) is 11.0 Å². The summed E-state index contributed by atoms with van der Waals surface area (Å²) in [5.74, 6) is 1.86. The van der Waals surface area contributed by atoms with E-state index in [0.717, 1.165) is 35.7 Å². The van der Waals surface area contributed by atoms with Gasteiger partial charge in [-0.25, -0.2) is 0 Å². The third-order valence-electron chi connectivity index (χ3n) is 3.81. The van der Waals surface area contributed by atoms with Gasteiger partial charge in [0.2, 0.25) is 0 Å². The first-order valence-electron chi connectivity index (χ1n) is 7.71. The first kappa shape index (κ1) is 14.1. The number of nitrogens with one attached hydrogen (secondary N) is 1. The molecule has 21 heavy (non-hydrogen) atoms. The molecule has 0 amide bonds. The molecule has 1 heterocycles. The molecule has 0 unspecified atom stereocenters. The molecule has 0 atom stereocenters. The maximum absolute atomic E-state index is 6.19. The van der Waals surface area contributed by atoms with Gasteiger partial charge in [0.15, 0.2) is 0 Å². The van der Waals surface area contributed by atoms with Crippen LogP contribution in [0.1, 0.15) is 36.6 Å². The van der Waals surface area contributed by atoms with E-state index in [1.807, 2.05) is 31.3 Å². The molecule has 1 aromatic carbocycles. The summed E-state index contributed by atoms with van der Waals surface area (Å²) < 4.78 is 6.19. The standard InChI is InChI=1S/C18H22N2O/c1-3-14-6-4-5-7-17(14)21-18-10-13(2)19-11-15(18)12-20-16-8-9-16/h4-7,10-11,16,20H,3,8-9,12H2,1-2H3. The number of hydrogen-bond acceptors (Lipinski definition) is 3. The zero-order valence-electron chi connectivity index (χ0n) is 12.7. The molecule has 3 heteroatoms. The Morgan fingerprint density at radius 3 is 2.76 bits per heavy atom. The average Bonchev–Trinajstić information content (AvgIpc) is 3.31. The first-order chi connectivity index (χ1) is 10.3. The number of benzene rings is 1. The van der Waals surface area contributed by atoms with Gasteiger partial charge in [0, 0.05) is 36.1 Å². The number of para-hydroxylation sites is 1. The van der Waals surface area contributed by atoms with E-state index >= 15 is 0 Å². The molecule has 110 valence electrons. The van der Waals surface area contributed by atoms with Crippen molar-refractivity contribution in [1.82, 2.24) is 10.3 Å². The van der Waals surface area contributed by atoms with E-state index in [-0.39, 0.29) is 0 Å². The van der Waals surface area contributed by atoms with Crippen molar-refractivity contribution in [2.24, 2.45) is 0 Å². The Morgan fingerprint density at radius 1 is 1.19 bits per heavy atom. The van der Waals surface area contributed by atoms with Gasteiger partial charge in [-0.2, -0.15) is 0 Å². The third-order valence-corrected chi connectivity index (χ3v) is 3.81. The molecule has 1 aliphatic rings. The van der Waals surface area contributed by atoms with Gasteiger partial charge in [-0.15, -0.1) is 0 Å². The van der Waals surface area contributed by atoms with Crippen LogP contribution < -0.4 is 10.1 Å². The lowest BCUT2D eigenvalue weighted by atomic mass is 10.1. The van der Waals surface area contributed by atoms with E-state index in [4.69, 9.17) is 4.74 Å². The number of ether oxygens (including phenoxy) is 1. The average molecular weight is 282 g/mol. The van der Waals surface area contributed by atoms with Crippen LogP contribution in [0.25, 0.3) is 0 Å². The fourth-order valence-electron chi connectivity index (χ4n) is 2.35. The van der Waals surface area contributed by atoms with Gasteiger partial charge in [0.1, 0.15) is 11.5 Å². The molecular weight excluding hydrogens is 260 g/mol. The van der Waals surface area contributed by atoms with Crippen LogP contribution in [0.5, 0.6) is 11.5 Å².